The minimum Gasteiger partial charge on any atom is -0.497 e. The molecule has 0 unspecified atom stereocenters. The number of halogens is 1. The Balaban J connectivity index is 1.85. The molecule has 0 fully saturated rings. The first kappa shape index (κ1) is 17.8. The number of carbonyl (C=O) groups is 2. The van der Waals surface area contributed by atoms with Gasteiger partial charge in [0.1, 0.15) is 5.75 Å². The van der Waals surface area contributed by atoms with Crippen LogP contribution in [0.25, 0.3) is 0 Å². The summed E-state index contributed by atoms with van der Waals surface area (Å²) < 4.78 is 10.1. The van der Waals surface area contributed by atoms with E-state index in [2.05, 4.69) is 5.32 Å². The summed E-state index contributed by atoms with van der Waals surface area (Å²) in [5.41, 5.74) is 1.91. The van der Waals surface area contributed by atoms with Gasteiger partial charge in [0.25, 0.3) is 5.91 Å². The molecule has 0 aliphatic heterocycles. The number of benzene rings is 2. The molecular weight excluding hydrogens is 330 g/mol. The van der Waals surface area contributed by atoms with Crippen molar-refractivity contribution in [3.8, 4) is 5.75 Å². The van der Waals surface area contributed by atoms with Crippen LogP contribution in [0.1, 0.15) is 21.5 Å². The molecule has 0 saturated carbocycles. The largest absolute Gasteiger partial charge is 0.497 e. The number of rotatable bonds is 6. The summed E-state index contributed by atoms with van der Waals surface area (Å²) in [6.07, 6.45) is 0. The van der Waals surface area contributed by atoms with Gasteiger partial charge in [0.15, 0.2) is 6.61 Å². The summed E-state index contributed by atoms with van der Waals surface area (Å²) in [4.78, 5) is 23.8. The van der Waals surface area contributed by atoms with Crippen molar-refractivity contribution >= 4 is 23.5 Å². The molecule has 126 valence electrons. The fourth-order valence-corrected chi connectivity index (χ4v) is 2.29. The second-order valence-electron chi connectivity index (χ2n) is 5.13. The molecule has 1 amide bonds. The second-order valence-corrected chi connectivity index (χ2v) is 5.53. The van der Waals surface area contributed by atoms with Gasteiger partial charge < -0.3 is 14.8 Å². The van der Waals surface area contributed by atoms with E-state index in [9.17, 15) is 9.59 Å². The molecule has 0 heterocycles. The highest BCUT2D eigenvalue weighted by molar-refractivity contribution is 6.31. The Hall–Kier alpha value is -2.53. The molecule has 0 saturated heterocycles. The van der Waals surface area contributed by atoms with Crippen LogP contribution in [0.4, 0.5) is 0 Å². The number of nitrogens with one attached hydrogen (secondary N) is 1. The maximum atomic E-state index is 12.0. The number of methoxy groups -OCH3 is 1. The average molecular weight is 348 g/mol. The van der Waals surface area contributed by atoms with E-state index in [1.807, 2.05) is 18.2 Å². The molecule has 0 aromatic heterocycles. The predicted molar refractivity (Wildman–Crippen MR) is 91.3 cm³/mol. The monoisotopic (exact) mass is 347 g/mol. The van der Waals surface area contributed by atoms with E-state index in [4.69, 9.17) is 21.1 Å². The molecule has 0 radical (unpaired) electrons. The molecule has 0 atom stereocenters. The van der Waals surface area contributed by atoms with Crippen LogP contribution in [-0.4, -0.2) is 25.6 Å². The van der Waals surface area contributed by atoms with E-state index in [1.54, 1.807) is 38.3 Å². The summed E-state index contributed by atoms with van der Waals surface area (Å²) in [6.45, 7) is 1.70. The molecule has 0 aliphatic rings. The lowest BCUT2D eigenvalue weighted by molar-refractivity contribution is -0.124. The normalized spacial score (nSPS) is 10.1. The third-order valence-electron chi connectivity index (χ3n) is 3.42. The Bertz CT molecular complexity index is 746. The molecule has 1 N–H and O–H groups in total. The zero-order chi connectivity index (χ0) is 17.5. The van der Waals surface area contributed by atoms with E-state index >= 15 is 0 Å². The number of amides is 1. The number of esters is 1. The molecule has 0 bridgehead atoms. The predicted octanol–water partition coefficient (Wildman–Crippen LogP) is 3.13. The van der Waals surface area contributed by atoms with Crippen LogP contribution in [0.3, 0.4) is 0 Å². The lowest BCUT2D eigenvalue weighted by Gasteiger charge is -2.09. The summed E-state index contributed by atoms with van der Waals surface area (Å²) in [5.74, 6) is -0.293. The maximum Gasteiger partial charge on any atom is 0.338 e. The van der Waals surface area contributed by atoms with Crippen LogP contribution in [0.2, 0.25) is 5.02 Å². The zero-order valence-corrected chi connectivity index (χ0v) is 14.2. The summed E-state index contributed by atoms with van der Waals surface area (Å²) in [5, 5.41) is 3.23. The molecule has 5 nitrogen and oxygen atoms in total. The summed E-state index contributed by atoms with van der Waals surface area (Å²) >= 11 is 6.01. The third-order valence-corrected chi connectivity index (χ3v) is 3.79. The first-order valence-corrected chi connectivity index (χ1v) is 7.71. The SMILES string of the molecule is COc1ccc(C(=O)OCC(=O)NCc2ccccc2Cl)c(C)c1. The van der Waals surface area contributed by atoms with E-state index in [0.29, 0.717) is 16.3 Å². The highest BCUT2D eigenvalue weighted by Crippen LogP contribution is 2.17. The minimum absolute atomic E-state index is 0.275. The van der Waals surface area contributed by atoms with Crippen molar-refractivity contribution in [3.63, 3.8) is 0 Å². The number of hydrogen-bond donors (Lipinski definition) is 1. The Labute approximate surface area is 145 Å². The molecule has 2 rings (SSSR count). The number of hydrogen-bond acceptors (Lipinski definition) is 4. The van der Waals surface area contributed by atoms with Crippen LogP contribution in [0.5, 0.6) is 5.75 Å². The van der Waals surface area contributed by atoms with Crippen LogP contribution < -0.4 is 10.1 Å². The van der Waals surface area contributed by atoms with E-state index in [0.717, 1.165) is 11.1 Å². The van der Waals surface area contributed by atoms with Gasteiger partial charge in [-0.25, -0.2) is 4.79 Å². The number of aryl methyl sites for hydroxylation is 1. The smallest absolute Gasteiger partial charge is 0.338 e. The van der Waals surface area contributed by atoms with Crippen LogP contribution in [0.15, 0.2) is 42.5 Å². The lowest BCUT2D eigenvalue weighted by Crippen LogP contribution is -2.28. The van der Waals surface area contributed by atoms with Gasteiger partial charge in [0.2, 0.25) is 0 Å². The summed E-state index contributed by atoms with van der Waals surface area (Å²) in [7, 11) is 1.55. The van der Waals surface area contributed by atoms with Crippen molar-refractivity contribution in [2.24, 2.45) is 0 Å². The van der Waals surface area contributed by atoms with Gasteiger partial charge in [-0.1, -0.05) is 29.8 Å². The van der Waals surface area contributed by atoms with Crippen molar-refractivity contribution in [3.05, 3.63) is 64.2 Å². The topological polar surface area (TPSA) is 64.6 Å². The van der Waals surface area contributed by atoms with Gasteiger partial charge in [0.05, 0.1) is 12.7 Å². The Kier molecular flexibility index (Phi) is 6.21. The van der Waals surface area contributed by atoms with Crippen LogP contribution in [0, 0.1) is 6.92 Å². The van der Waals surface area contributed by atoms with Gasteiger partial charge in [-0.05, 0) is 42.3 Å². The molecule has 6 heteroatoms. The Morgan fingerprint density at radius 2 is 1.92 bits per heavy atom. The average Bonchev–Trinajstić information content (AvgIpc) is 2.58. The van der Waals surface area contributed by atoms with Crippen molar-refractivity contribution in [1.29, 1.82) is 0 Å². The highest BCUT2D eigenvalue weighted by atomic mass is 35.5. The van der Waals surface area contributed by atoms with Crippen LogP contribution in [-0.2, 0) is 16.1 Å². The molecule has 2 aromatic rings. The maximum absolute atomic E-state index is 12.0. The quantitative estimate of drug-likeness (QED) is 0.815. The minimum atomic E-state index is -0.553. The highest BCUT2D eigenvalue weighted by Gasteiger charge is 2.13. The lowest BCUT2D eigenvalue weighted by atomic mass is 10.1. The number of carbonyl (C=O) groups excluding carboxylic acids is 2. The molecule has 2 aromatic carbocycles. The molecule has 0 aliphatic carbocycles. The zero-order valence-electron chi connectivity index (χ0n) is 13.5. The van der Waals surface area contributed by atoms with Crippen molar-refractivity contribution in [2.75, 3.05) is 13.7 Å². The molecule has 24 heavy (non-hydrogen) atoms. The second kappa shape index (κ2) is 8.36. The fraction of sp³-hybridized carbons (Fsp3) is 0.222. The van der Waals surface area contributed by atoms with Crippen molar-refractivity contribution in [1.82, 2.24) is 5.32 Å². The van der Waals surface area contributed by atoms with Gasteiger partial charge >= 0.3 is 5.97 Å². The van der Waals surface area contributed by atoms with Crippen molar-refractivity contribution in [2.45, 2.75) is 13.5 Å². The standard InChI is InChI=1S/C18H18ClNO4/c1-12-9-14(23-2)7-8-15(12)18(22)24-11-17(21)20-10-13-5-3-4-6-16(13)19/h3-9H,10-11H2,1-2H3,(H,20,21). The Morgan fingerprint density at radius 3 is 2.58 bits per heavy atom. The number of ether oxygens (including phenoxy) is 2. The van der Waals surface area contributed by atoms with E-state index in [1.165, 1.54) is 0 Å². The van der Waals surface area contributed by atoms with Crippen LogP contribution >= 0.6 is 11.6 Å². The van der Waals surface area contributed by atoms with E-state index in [-0.39, 0.29) is 13.2 Å². The van der Waals surface area contributed by atoms with Gasteiger partial charge in [-0.2, -0.15) is 0 Å². The Morgan fingerprint density at radius 1 is 1.17 bits per heavy atom. The summed E-state index contributed by atoms with van der Waals surface area (Å²) in [6, 6.07) is 12.2. The van der Waals surface area contributed by atoms with Crippen molar-refractivity contribution < 1.29 is 19.1 Å². The first-order chi connectivity index (χ1) is 11.5. The molecular formula is C18H18ClNO4. The van der Waals surface area contributed by atoms with E-state index < -0.39 is 11.9 Å². The first-order valence-electron chi connectivity index (χ1n) is 7.33. The van der Waals surface area contributed by atoms with Gasteiger partial charge in [-0.15, -0.1) is 0 Å². The molecule has 0 spiro atoms. The fourth-order valence-electron chi connectivity index (χ4n) is 2.09. The third kappa shape index (κ3) is 4.73. The van der Waals surface area contributed by atoms with Gasteiger partial charge in [0, 0.05) is 11.6 Å². The van der Waals surface area contributed by atoms with Gasteiger partial charge in [-0.3, -0.25) is 4.79 Å².